The van der Waals surface area contributed by atoms with E-state index in [0.29, 0.717) is 12.8 Å². The molecule has 6 nitrogen and oxygen atoms in total. The lowest BCUT2D eigenvalue weighted by molar-refractivity contribution is -0.132. The molecule has 4 unspecified atom stereocenters. The number of rotatable bonds is 49. The number of carbonyl (C=O) groups is 1. The van der Waals surface area contributed by atoms with Gasteiger partial charge < -0.3 is 25.7 Å². The summed E-state index contributed by atoms with van der Waals surface area (Å²) in [6.07, 6.45) is 58.2. The number of allylic oxidation sites excluding steroid dienone is 4. The van der Waals surface area contributed by atoms with Crippen LogP contribution in [0.5, 0.6) is 0 Å². The summed E-state index contributed by atoms with van der Waals surface area (Å²) >= 11 is 0. The van der Waals surface area contributed by atoms with Crippen molar-refractivity contribution in [3.05, 3.63) is 24.3 Å². The van der Waals surface area contributed by atoms with E-state index in [1.54, 1.807) is 0 Å². The van der Waals surface area contributed by atoms with Gasteiger partial charge in [0.25, 0.3) is 0 Å². The van der Waals surface area contributed by atoms with Crippen molar-refractivity contribution in [1.82, 2.24) is 5.32 Å². The lowest BCUT2D eigenvalue weighted by Gasteiger charge is -2.27. The Morgan fingerprint density at radius 2 is 0.700 bits per heavy atom. The Labute approximate surface area is 374 Å². The summed E-state index contributed by atoms with van der Waals surface area (Å²) in [5.74, 6) is -0.593. The van der Waals surface area contributed by atoms with Crippen molar-refractivity contribution < 1.29 is 25.2 Å². The van der Waals surface area contributed by atoms with Gasteiger partial charge in [0.05, 0.1) is 18.8 Å². The Morgan fingerprint density at radius 1 is 0.417 bits per heavy atom. The van der Waals surface area contributed by atoms with Gasteiger partial charge in [0.15, 0.2) is 0 Å². The number of hydrogen-bond acceptors (Lipinski definition) is 5. The third-order valence-corrected chi connectivity index (χ3v) is 12.7. The number of nitrogens with one attached hydrogen (secondary N) is 1. The fourth-order valence-electron chi connectivity index (χ4n) is 8.46. The first kappa shape index (κ1) is 58.8. The monoisotopic (exact) mass is 848 g/mol. The molecule has 0 spiro atoms. The summed E-state index contributed by atoms with van der Waals surface area (Å²) in [5.41, 5.74) is 0. The Morgan fingerprint density at radius 3 is 1.05 bits per heavy atom. The molecule has 0 radical (unpaired) electrons. The zero-order chi connectivity index (χ0) is 43.8. The largest absolute Gasteiger partial charge is 0.394 e. The van der Waals surface area contributed by atoms with E-state index < -0.39 is 36.9 Å². The number of hydrogen-bond donors (Lipinski definition) is 5. The predicted octanol–water partition coefficient (Wildman–Crippen LogP) is 15.1. The fourth-order valence-corrected chi connectivity index (χ4v) is 8.46. The summed E-state index contributed by atoms with van der Waals surface area (Å²) in [6.45, 7) is 4.03. The highest BCUT2D eigenvalue weighted by Gasteiger charge is 2.28. The van der Waals surface area contributed by atoms with Gasteiger partial charge in [0, 0.05) is 0 Å². The minimum atomic E-state index is -1.26. The molecule has 6 heteroatoms. The van der Waals surface area contributed by atoms with Crippen LogP contribution >= 0.6 is 0 Å². The molecule has 0 aliphatic rings. The van der Waals surface area contributed by atoms with Crippen molar-refractivity contribution in [3.63, 3.8) is 0 Å². The fraction of sp³-hybridized carbons (Fsp3) is 0.907. The molecule has 356 valence electrons. The molecule has 4 atom stereocenters. The van der Waals surface area contributed by atoms with Gasteiger partial charge in [0.2, 0.25) is 5.91 Å². The average molecular weight is 848 g/mol. The molecule has 0 rings (SSSR count). The van der Waals surface area contributed by atoms with Gasteiger partial charge in [-0.15, -0.1) is 0 Å². The third kappa shape index (κ3) is 42.1. The molecule has 60 heavy (non-hydrogen) atoms. The predicted molar refractivity (Wildman–Crippen MR) is 261 cm³/mol. The molecule has 5 N–H and O–H groups in total. The van der Waals surface area contributed by atoms with Gasteiger partial charge in [-0.2, -0.15) is 0 Å². The first-order valence-corrected chi connectivity index (χ1v) is 26.7. The number of aliphatic hydroxyl groups excluding tert-OH is 4. The van der Waals surface area contributed by atoms with E-state index in [1.807, 2.05) is 0 Å². The Hall–Kier alpha value is -1.21. The van der Waals surface area contributed by atoms with E-state index in [1.165, 1.54) is 193 Å². The molecule has 0 bridgehead atoms. The van der Waals surface area contributed by atoms with E-state index >= 15 is 0 Å². The van der Waals surface area contributed by atoms with Crippen molar-refractivity contribution in [2.75, 3.05) is 6.61 Å². The van der Waals surface area contributed by atoms with Crippen LogP contribution in [-0.4, -0.2) is 57.3 Å². The van der Waals surface area contributed by atoms with Gasteiger partial charge >= 0.3 is 0 Å². The van der Waals surface area contributed by atoms with Gasteiger partial charge in [0.1, 0.15) is 12.2 Å². The number of unbranched alkanes of at least 4 members (excludes halogenated alkanes) is 37. The van der Waals surface area contributed by atoms with E-state index in [4.69, 9.17) is 0 Å². The van der Waals surface area contributed by atoms with Crippen LogP contribution < -0.4 is 5.32 Å². The summed E-state index contributed by atoms with van der Waals surface area (Å²) in [7, 11) is 0. The van der Waals surface area contributed by atoms with Crippen molar-refractivity contribution in [2.24, 2.45) is 0 Å². The molecule has 1 amide bonds. The number of aliphatic hydroxyl groups is 4. The van der Waals surface area contributed by atoms with Crippen LogP contribution in [-0.2, 0) is 4.79 Å². The van der Waals surface area contributed by atoms with Crippen molar-refractivity contribution in [1.29, 1.82) is 0 Å². The molecular formula is C54H105NO5. The molecule has 0 saturated heterocycles. The highest BCUT2D eigenvalue weighted by molar-refractivity contribution is 5.80. The summed E-state index contributed by atoms with van der Waals surface area (Å²) in [4.78, 5) is 12.5. The smallest absolute Gasteiger partial charge is 0.249 e. The molecule has 0 aliphatic heterocycles. The van der Waals surface area contributed by atoms with Crippen LogP contribution in [0.3, 0.4) is 0 Å². The molecule has 0 heterocycles. The summed E-state index contributed by atoms with van der Waals surface area (Å²) < 4.78 is 0. The van der Waals surface area contributed by atoms with Gasteiger partial charge in [-0.1, -0.05) is 269 Å². The molecule has 0 aromatic rings. The van der Waals surface area contributed by atoms with E-state index in [2.05, 4.69) is 43.5 Å². The highest BCUT2D eigenvalue weighted by atomic mass is 16.3. The second-order valence-corrected chi connectivity index (χ2v) is 18.6. The van der Waals surface area contributed by atoms with Crippen LogP contribution in [0, 0.1) is 0 Å². The minimum absolute atomic E-state index is 0.352. The summed E-state index contributed by atoms with van der Waals surface area (Å²) in [6, 6.07) is -0.991. The standard InChI is InChI=1S/C54H105NO5/c1-3-5-7-9-11-13-15-17-19-20-21-22-23-24-25-26-27-28-29-30-31-32-33-34-36-37-39-41-43-45-47-51(57)53(59)50(49-56)55-54(60)52(58)48-46-44-42-40-38-35-18-16-14-12-10-8-6-4-2/h12,14,16,18,50-53,56-59H,3-11,13,15,17,19-49H2,1-2H3,(H,55,60)/b14-12-,18-16-. The molecule has 0 aliphatic carbocycles. The molecule has 0 fully saturated rings. The van der Waals surface area contributed by atoms with Crippen molar-refractivity contribution in [3.8, 4) is 0 Å². The van der Waals surface area contributed by atoms with Crippen LogP contribution in [0.1, 0.15) is 284 Å². The SMILES string of the molecule is CCCCC/C=C\C=C/CCCCCCCC(O)C(=O)NC(CO)C(O)C(O)CCCCCCCCCCCCCCCCCCCCCCCCCCCCCCCC. The van der Waals surface area contributed by atoms with E-state index in [-0.39, 0.29) is 0 Å². The maximum Gasteiger partial charge on any atom is 0.249 e. The first-order valence-electron chi connectivity index (χ1n) is 26.7. The van der Waals surface area contributed by atoms with Crippen LogP contribution in [0.25, 0.3) is 0 Å². The third-order valence-electron chi connectivity index (χ3n) is 12.7. The molecule has 0 saturated carbocycles. The second kappa shape index (κ2) is 48.8. The van der Waals surface area contributed by atoms with Gasteiger partial charge in [-0.25, -0.2) is 0 Å². The lowest BCUT2D eigenvalue weighted by atomic mass is 9.99. The normalized spacial score (nSPS) is 14.0. The maximum absolute atomic E-state index is 12.5. The second-order valence-electron chi connectivity index (χ2n) is 18.6. The van der Waals surface area contributed by atoms with Gasteiger partial charge in [-0.3, -0.25) is 4.79 Å². The minimum Gasteiger partial charge on any atom is -0.394 e. The maximum atomic E-state index is 12.5. The van der Waals surface area contributed by atoms with Crippen molar-refractivity contribution in [2.45, 2.75) is 308 Å². The van der Waals surface area contributed by atoms with Crippen LogP contribution in [0.2, 0.25) is 0 Å². The highest BCUT2D eigenvalue weighted by Crippen LogP contribution is 2.18. The zero-order valence-electron chi connectivity index (χ0n) is 40.2. The Kier molecular flexibility index (Phi) is 47.8. The van der Waals surface area contributed by atoms with E-state index in [0.717, 1.165) is 64.2 Å². The van der Waals surface area contributed by atoms with Crippen molar-refractivity contribution >= 4 is 5.91 Å². The Balaban J connectivity index is 3.57. The van der Waals surface area contributed by atoms with Gasteiger partial charge in [-0.05, 0) is 38.5 Å². The Bertz CT molecular complexity index is 909. The number of carbonyl (C=O) groups excluding carboxylic acids is 1. The molecule has 0 aromatic carbocycles. The molecular weight excluding hydrogens is 743 g/mol. The quantitative estimate of drug-likeness (QED) is 0.0309. The molecule has 0 aromatic heterocycles. The average Bonchev–Trinajstić information content (AvgIpc) is 3.25. The topological polar surface area (TPSA) is 110 Å². The van der Waals surface area contributed by atoms with Crippen LogP contribution in [0.15, 0.2) is 24.3 Å². The van der Waals surface area contributed by atoms with E-state index in [9.17, 15) is 25.2 Å². The first-order chi connectivity index (χ1) is 29.5. The lowest BCUT2D eigenvalue weighted by Crippen LogP contribution is -2.53. The zero-order valence-corrected chi connectivity index (χ0v) is 40.2. The van der Waals surface area contributed by atoms with Crippen LogP contribution in [0.4, 0.5) is 0 Å². The summed E-state index contributed by atoms with van der Waals surface area (Å²) in [5, 5.41) is 43.8. The number of amides is 1.